The van der Waals surface area contributed by atoms with Gasteiger partial charge in [0.2, 0.25) is 0 Å². The molecule has 0 aromatic carbocycles. The van der Waals surface area contributed by atoms with Gasteiger partial charge in [0.05, 0.1) is 35.8 Å². The summed E-state index contributed by atoms with van der Waals surface area (Å²) in [4.78, 5) is 57.1. The van der Waals surface area contributed by atoms with E-state index < -0.39 is 48.3 Å². The van der Waals surface area contributed by atoms with Crippen molar-refractivity contribution in [3.63, 3.8) is 0 Å². The number of H-pyrrole nitrogens is 2. The number of rotatable bonds is 11. The van der Waals surface area contributed by atoms with E-state index in [2.05, 4.69) is 9.97 Å². The number of nitrogens with one attached hydrogen (secondary N) is 2. The highest BCUT2D eigenvalue weighted by atomic mass is 16.6. The molecule has 2 heterocycles. The minimum absolute atomic E-state index is 0.234. The zero-order valence-electron chi connectivity index (χ0n) is 24.9. The number of carbonyl (C=O) groups is 4. The first-order chi connectivity index (χ1) is 18.6. The van der Waals surface area contributed by atoms with Crippen molar-refractivity contribution in [3.05, 3.63) is 45.8 Å². The molecule has 0 bridgehead atoms. The molecule has 10 nitrogen and oxygen atoms in total. The van der Waals surface area contributed by atoms with Gasteiger partial charge in [-0.2, -0.15) is 0 Å². The number of hydrogen-bond donors (Lipinski definition) is 2. The molecule has 218 valence electrons. The van der Waals surface area contributed by atoms with Gasteiger partial charge in [-0.3, -0.25) is 0 Å². The van der Waals surface area contributed by atoms with E-state index in [0.29, 0.717) is 22.8 Å². The van der Waals surface area contributed by atoms with E-state index in [1.54, 1.807) is 55.4 Å². The Morgan fingerprint density at radius 1 is 0.550 bits per heavy atom. The standard InChI is InChI=1S/C30H40N2O8/c1-15(2)37-27(33)21(28(34)38-16(3)4)13-23-19(9)11-25(31-23)26-12-20(10)24(32-26)14-22(29(35)39-17(5)6)30(36)40-18(7)8/h11-18,31-32H,1-10H3. The van der Waals surface area contributed by atoms with Crippen LogP contribution in [0.25, 0.3) is 23.5 Å². The van der Waals surface area contributed by atoms with Crippen LogP contribution < -0.4 is 0 Å². The molecule has 2 N–H and O–H groups in total. The van der Waals surface area contributed by atoms with Crippen LogP contribution in [0.15, 0.2) is 23.3 Å². The molecule has 0 unspecified atom stereocenters. The third kappa shape index (κ3) is 9.00. The summed E-state index contributed by atoms with van der Waals surface area (Å²) >= 11 is 0. The average Bonchev–Trinajstić information content (AvgIpc) is 3.35. The molecule has 0 radical (unpaired) electrons. The molecule has 0 fully saturated rings. The first-order valence-electron chi connectivity index (χ1n) is 13.3. The summed E-state index contributed by atoms with van der Waals surface area (Å²) in [6.45, 7) is 17.2. The fourth-order valence-electron chi connectivity index (χ4n) is 3.54. The summed E-state index contributed by atoms with van der Waals surface area (Å²) < 4.78 is 21.0. The quantitative estimate of drug-likeness (QED) is 0.127. The van der Waals surface area contributed by atoms with Gasteiger partial charge in [-0.05, 0) is 105 Å². The summed E-state index contributed by atoms with van der Waals surface area (Å²) in [5, 5.41) is 0. The normalized spacial score (nSPS) is 11.1. The van der Waals surface area contributed by atoms with Gasteiger partial charge in [-0.15, -0.1) is 0 Å². The van der Waals surface area contributed by atoms with E-state index in [9.17, 15) is 19.2 Å². The Balaban J connectivity index is 2.51. The molecule has 0 aliphatic carbocycles. The SMILES string of the molecule is Cc1cc(-c2cc(C)c(C=C(C(=O)OC(C)C)C(=O)OC(C)C)[nH]2)[nH]c1C=C(C(=O)OC(C)C)C(=O)OC(C)C. The van der Waals surface area contributed by atoms with Crippen molar-refractivity contribution in [2.75, 3.05) is 0 Å². The highest BCUT2D eigenvalue weighted by Crippen LogP contribution is 2.26. The first kappa shape index (κ1) is 32.1. The molecule has 0 aliphatic heterocycles. The van der Waals surface area contributed by atoms with Crippen LogP contribution in [0.3, 0.4) is 0 Å². The smallest absolute Gasteiger partial charge is 0.345 e. The van der Waals surface area contributed by atoms with Crippen molar-refractivity contribution >= 4 is 36.0 Å². The largest absolute Gasteiger partial charge is 0.459 e. The summed E-state index contributed by atoms with van der Waals surface area (Å²) in [6.07, 6.45) is 1.14. The molecule has 0 amide bonds. The molecule has 0 spiro atoms. The zero-order valence-corrected chi connectivity index (χ0v) is 24.9. The van der Waals surface area contributed by atoms with Crippen LogP contribution >= 0.6 is 0 Å². The molecule has 0 atom stereocenters. The maximum atomic E-state index is 12.7. The third-order valence-electron chi connectivity index (χ3n) is 5.23. The van der Waals surface area contributed by atoms with Gasteiger partial charge in [0, 0.05) is 11.4 Å². The molecular weight excluding hydrogens is 516 g/mol. The van der Waals surface area contributed by atoms with Crippen molar-refractivity contribution in [2.45, 2.75) is 93.7 Å². The summed E-state index contributed by atoms with van der Waals surface area (Å²) in [5.74, 6) is -3.14. The Kier molecular flexibility index (Phi) is 11.1. The Labute approximate surface area is 235 Å². The van der Waals surface area contributed by atoms with Crippen LogP contribution in [0.1, 0.15) is 77.9 Å². The predicted octanol–water partition coefficient (Wildman–Crippen LogP) is 5.20. The topological polar surface area (TPSA) is 137 Å². The fourth-order valence-corrected chi connectivity index (χ4v) is 3.54. The van der Waals surface area contributed by atoms with Crippen LogP contribution in [-0.2, 0) is 38.1 Å². The summed E-state index contributed by atoms with van der Waals surface area (Å²) in [6, 6.07) is 3.68. The van der Waals surface area contributed by atoms with Crippen molar-refractivity contribution in [1.29, 1.82) is 0 Å². The van der Waals surface area contributed by atoms with Crippen LogP contribution in [0.2, 0.25) is 0 Å². The highest BCUT2D eigenvalue weighted by Gasteiger charge is 2.26. The molecule has 10 heteroatoms. The summed E-state index contributed by atoms with van der Waals surface area (Å²) in [7, 11) is 0. The van der Waals surface area contributed by atoms with E-state index in [1.807, 2.05) is 26.0 Å². The van der Waals surface area contributed by atoms with Gasteiger partial charge < -0.3 is 28.9 Å². The van der Waals surface area contributed by atoms with E-state index in [4.69, 9.17) is 18.9 Å². The van der Waals surface area contributed by atoms with Gasteiger partial charge in [-0.25, -0.2) is 19.2 Å². The van der Waals surface area contributed by atoms with E-state index in [0.717, 1.165) is 11.1 Å². The monoisotopic (exact) mass is 556 g/mol. The Morgan fingerprint density at radius 2 is 0.800 bits per heavy atom. The van der Waals surface area contributed by atoms with Crippen molar-refractivity contribution in [2.24, 2.45) is 0 Å². The molecule has 0 saturated heterocycles. The lowest BCUT2D eigenvalue weighted by Crippen LogP contribution is -2.23. The number of esters is 4. The lowest BCUT2D eigenvalue weighted by atomic mass is 10.1. The number of aromatic amines is 2. The van der Waals surface area contributed by atoms with Crippen molar-refractivity contribution in [3.8, 4) is 11.4 Å². The highest BCUT2D eigenvalue weighted by molar-refractivity contribution is 6.18. The molecule has 0 aliphatic rings. The summed E-state index contributed by atoms with van der Waals surface area (Å²) in [5.41, 5.74) is 3.37. The van der Waals surface area contributed by atoms with Crippen LogP contribution in [0.4, 0.5) is 0 Å². The number of aromatic nitrogens is 2. The Morgan fingerprint density at radius 3 is 1.02 bits per heavy atom. The molecule has 2 aromatic heterocycles. The van der Waals surface area contributed by atoms with Gasteiger partial charge in [0.15, 0.2) is 0 Å². The second kappa shape index (κ2) is 13.8. The number of hydrogen-bond acceptors (Lipinski definition) is 8. The third-order valence-corrected chi connectivity index (χ3v) is 5.23. The molecular formula is C30H40N2O8. The molecule has 0 saturated carbocycles. The van der Waals surface area contributed by atoms with Crippen LogP contribution in [-0.4, -0.2) is 58.3 Å². The molecule has 2 aromatic rings. The maximum Gasteiger partial charge on any atom is 0.345 e. The lowest BCUT2D eigenvalue weighted by molar-refractivity contribution is -0.152. The predicted molar refractivity (Wildman–Crippen MR) is 151 cm³/mol. The number of ether oxygens (including phenoxy) is 4. The Hall–Kier alpha value is -4.08. The minimum atomic E-state index is -0.784. The van der Waals surface area contributed by atoms with Gasteiger partial charge in [-0.1, -0.05) is 0 Å². The maximum absolute atomic E-state index is 12.7. The number of carbonyl (C=O) groups excluding carboxylic acids is 4. The van der Waals surface area contributed by atoms with Gasteiger partial charge in [0.25, 0.3) is 0 Å². The lowest BCUT2D eigenvalue weighted by Gasteiger charge is -2.12. The Bertz CT molecular complexity index is 1160. The van der Waals surface area contributed by atoms with E-state index in [-0.39, 0.29) is 11.1 Å². The van der Waals surface area contributed by atoms with Crippen LogP contribution in [0.5, 0.6) is 0 Å². The molecule has 2 rings (SSSR count). The number of aryl methyl sites for hydroxylation is 2. The second-order valence-corrected chi connectivity index (χ2v) is 10.5. The zero-order chi connectivity index (χ0) is 30.3. The van der Waals surface area contributed by atoms with E-state index >= 15 is 0 Å². The first-order valence-corrected chi connectivity index (χ1v) is 13.3. The van der Waals surface area contributed by atoms with E-state index in [1.165, 1.54) is 12.2 Å². The second-order valence-electron chi connectivity index (χ2n) is 10.5. The van der Waals surface area contributed by atoms with Crippen LogP contribution in [0, 0.1) is 13.8 Å². The molecule has 40 heavy (non-hydrogen) atoms. The average molecular weight is 557 g/mol. The van der Waals surface area contributed by atoms with Gasteiger partial charge >= 0.3 is 23.9 Å². The van der Waals surface area contributed by atoms with Gasteiger partial charge in [0.1, 0.15) is 11.1 Å². The van der Waals surface area contributed by atoms with Crippen molar-refractivity contribution in [1.82, 2.24) is 9.97 Å². The minimum Gasteiger partial charge on any atom is -0.459 e. The fraction of sp³-hybridized carbons (Fsp3) is 0.467. The van der Waals surface area contributed by atoms with Crippen molar-refractivity contribution < 1.29 is 38.1 Å².